The maximum Gasteiger partial charge on any atom is 0.329 e. The number of hydrogen-bond donors (Lipinski definition) is 2. The molecule has 1 rings (SSSR count). The maximum atomic E-state index is 12.2. The van der Waals surface area contributed by atoms with Crippen LogP contribution in [-0.2, 0) is 9.59 Å². The SMILES string of the molecule is CCCC(C)(NC(=O)[C@H](C)c1ccccc1)C(=O)O. The molecule has 4 nitrogen and oxygen atoms in total. The standard InChI is InChI=1S/C15H21NO3/c1-4-10-15(3,14(18)19)16-13(17)11(2)12-8-6-5-7-9-12/h5-9,11H,4,10H2,1-3H3,(H,16,17)(H,18,19)/t11-,15?/m1/s1. The molecule has 104 valence electrons. The summed E-state index contributed by atoms with van der Waals surface area (Å²) in [6.07, 6.45) is 1.11. The van der Waals surface area contributed by atoms with Gasteiger partial charge in [-0.05, 0) is 25.8 Å². The lowest BCUT2D eigenvalue weighted by Gasteiger charge is -2.27. The number of nitrogens with one attached hydrogen (secondary N) is 1. The lowest BCUT2D eigenvalue weighted by Crippen LogP contribution is -2.53. The number of carbonyl (C=O) groups excluding carboxylic acids is 1. The number of benzene rings is 1. The monoisotopic (exact) mass is 263 g/mol. The summed E-state index contributed by atoms with van der Waals surface area (Å²) >= 11 is 0. The Morgan fingerprint density at radius 1 is 1.32 bits per heavy atom. The molecule has 0 aliphatic heterocycles. The Kier molecular flexibility index (Phi) is 5.10. The van der Waals surface area contributed by atoms with E-state index in [2.05, 4.69) is 5.32 Å². The normalized spacial score (nSPS) is 15.3. The molecule has 0 aliphatic rings. The van der Waals surface area contributed by atoms with Gasteiger partial charge in [-0.2, -0.15) is 0 Å². The van der Waals surface area contributed by atoms with Crippen LogP contribution in [0.5, 0.6) is 0 Å². The third kappa shape index (κ3) is 3.81. The lowest BCUT2D eigenvalue weighted by molar-refractivity contribution is -0.147. The smallest absolute Gasteiger partial charge is 0.329 e. The first-order chi connectivity index (χ1) is 8.90. The topological polar surface area (TPSA) is 66.4 Å². The third-order valence-electron chi connectivity index (χ3n) is 3.31. The molecule has 0 spiro atoms. The molecule has 1 aromatic carbocycles. The highest BCUT2D eigenvalue weighted by atomic mass is 16.4. The Morgan fingerprint density at radius 3 is 2.37 bits per heavy atom. The quantitative estimate of drug-likeness (QED) is 0.829. The van der Waals surface area contributed by atoms with Crippen molar-refractivity contribution >= 4 is 11.9 Å². The van der Waals surface area contributed by atoms with Crippen molar-refractivity contribution in [3.8, 4) is 0 Å². The van der Waals surface area contributed by atoms with Crippen LogP contribution in [0, 0.1) is 0 Å². The van der Waals surface area contributed by atoms with Crippen molar-refractivity contribution in [3.63, 3.8) is 0 Å². The largest absolute Gasteiger partial charge is 0.480 e. The molecule has 0 saturated carbocycles. The molecule has 0 aromatic heterocycles. The Hall–Kier alpha value is -1.84. The van der Waals surface area contributed by atoms with E-state index < -0.39 is 11.5 Å². The molecule has 1 amide bonds. The van der Waals surface area contributed by atoms with Crippen LogP contribution in [-0.4, -0.2) is 22.5 Å². The predicted molar refractivity (Wildman–Crippen MR) is 73.9 cm³/mol. The van der Waals surface area contributed by atoms with Crippen molar-refractivity contribution in [2.24, 2.45) is 0 Å². The van der Waals surface area contributed by atoms with Crippen molar-refractivity contribution in [3.05, 3.63) is 35.9 Å². The van der Waals surface area contributed by atoms with Crippen LogP contribution in [0.1, 0.15) is 45.1 Å². The van der Waals surface area contributed by atoms with Gasteiger partial charge in [0, 0.05) is 0 Å². The van der Waals surface area contributed by atoms with Gasteiger partial charge in [0.25, 0.3) is 0 Å². The van der Waals surface area contributed by atoms with Crippen molar-refractivity contribution in [1.29, 1.82) is 0 Å². The molecule has 19 heavy (non-hydrogen) atoms. The molecule has 0 radical (unpaired) electrons. The number of carbonyl (C=O) groups is 2. The zero-order valence-electron chi connectivity index (χ0n) is 11.6. The summed E-state index contributed by atoms with van der Waals surface area (Å²) in [6.45, 7) is 5.22. The summed E-state index contributed by atoms with van der Waals surface area (Å²) < 4.78 is 0. The zero-order chi connectivity index (χ0) is 14.5. The lowest BCUT2D eigenvalue weighted by atomic mass is 9.93. The van der Waals surface area contributed by atoms with E-state index in [4.69, 9.17) is 0 Å². The third-order valence-corrected chi connectivity index (χ3v) is 3.31. The van der Waals surface area contributed by atoms with E-state index in [1.54, 1.807) is 13.8 Å². The molecule has 2 N–H and O–H groups in total. The van der Waals surface area contributed by atoms with Gasteiger partial charge in [0.2, 0.25) is 5.91 Å². The van der Waals surface area contributed by atoms with Crippen LogP contribution in [0.3, 0.4) is 0 Å². The van der Waals surface area contributed by atoms with Crippen molar-refractivity contribution < 1.29 is 14.7 Å². The average molecular weight is 263 g/mol. The molecule has 0 saturated heterocycles. The summed E-state index contributed by atoms with van der Waals surface area (Å²) in [5, 5.41) is 11.9. The summed E-state index contributed by atoms with van der Waals surface area (Å²) in [6, 6.07) is 9.33. The molecule has 0 aliphatic carbocycles. The first-order valence-electron chi connectivity index (χ1n) is 6.51. The highest BCUT2D eigenvalue weighted by Crippen LogP contribution is 2.18. The van der Waals surface area contributed by atoms with E-state index in [0.717, 1.165) is 5.56 Å². The van der Waals surface area contributed by atoms with Gasteiger partial charge < -0.3 is 10.4 Å². The number of aliphatic carboxylic acids is 1. The maximum absolute atomic E-state index is 12.2. The predicted octanol–water partition coefficient (Wildman–Crippen LogP) is 2.55. The molecule has 0 fully saturated rings. The van der Waals surface area contributed by atoms with Crippen molar-refractivity contribution in [1.82, 2.24) is 5.32 Å². The highest BCUT2D eigenvalue weighted by Gasteiger charge is 2.35. The fourth-order valence-electron chi connectivity index (χ4n) is 2.00. The first-order valence-corrected chi connectivity index (χ1v) is 6.51. The van der Waals surface area contributed by atoms with Gasteiger partial charge in [0.1, 0.15) is 5.54 Å². The molecular formula is C15H21NO3. The number of carboxylic acid groups (broad SMARTS) is 1. The summed E-state index contributed by atoms with van der Waals surface area (Å²) in [5.41, 5.74) is -0.321. The van der Waals surface area contributed by atoms with Crippen molar-refractivity contribution in [2.75, 3.05) is 0 Å². The number of carboxylic acids is 1. The van der Waals surface area contributed by atoms with Gasteiger partial charge in [-0.1, -0.05) is 43.7 Å². The van der Waals surface area contributed by atoms with Gasteiger partial charge in [0.15, 0.2) is 0 Å². The van der Waals surface area contributed by atoms with Crippen LogP contribution >= 0.6 is 0 Å². The van der Waals surface area contributed by atoms with Crippen LogP contribution < -0.4 is 5.32 Å². The summed E-state index contributed by atoms with van der Waals surface area (Å²) in [7, 11) is 0. The van der Waals surface area contributed by atoms with E-state index >= 15 is 0 Å². The second-order valence-electron chi connectivity index (χ2n) is 5.01. The van der Waals surface area contributed by atoms with E-state index in [9.17, 15) is 14.7 Å². The minimum absolute atomic E-state index is 0.260. The Labute approximate surface area is 113 Å². The molecule has 0 bridgehead atoms. The molecule has 2 atom stereocenters. The van der Waals surface area contributed by atoms with E-state index in [1.165, 1.54) is 0 Å². The molecule has 0 heterocycles. The van der Waals surface area contributed by atoms with Crippen LogP contribution in [0.15, 0.2) is 30.3 Å². The molecular weight excluding hydrogens is 242 g/mol. The number of amides is 1. The van der Waals surface area contributed by atoms with Crippen LogP contribution in [0.4, 0.5) is 0 Å². The molecule has 1 aromatic rings. The fourth-order valence-corrected chi connectivity index (χ4v) is 2.00. The van der Waals surface area contributed by atoms with Crippen molar-refractivity contribution in [2.45, 2.75) is 45.1 Å². The zero-order valence-corrected chi connectivity index (χ0v) is 11.6. The summed E-state index contributed by atoms with van der Waals surface area (Å²) in [4.78, 5) is 23.5. The number of rotatable bonds is 6. The molecule has 1 unspecified atom stereocenters. The minimum atomic E-state index is -1.20. The van der Waals surface area contributed by atoms with Gasteiger partial charge >= 0.3 is 5.97 Å². The fraction of sp³-hybridized carbons (Fsp3) is 0.467. The Morgan fingerprint density at radius 2 is 1.89 bits per heavy atom. The van der Waals surface area contributed by atoms with E-state index in [1.807, 2.05) is 37.3 Å². The van der Waals surface area contributed by atoms with E-state index in [0.29, 0.717) is 12.8 Å². The molecule has 4 heteroatoms. The van der Waals surface area contributed by atoms with Gasteiger partial charge in [-0.3, -0.25) is 4.79 Å². The second-order valence-corrected chi connectivity index (χ2v) is 5.01. The average Bonchev–Trinajstić information content (AvgIpc) is 2.38. The van der Waals surface area contributed by atoms with E-state index in [-0.39, 0.29) is 11.8 Å². The van der Waals surface area contributed by atoms with Gasteiger partial charge in [-0.25, -0.2) is 4.79 Å². The van der Waals surface area contributed by atoms with Crippen LogP contribution in [0.25, 0.3) is 0 Å². The number of hydrogen-bond acceptors (Lipinski definition) is 2. The Bertz CT molecular complexity index is 444. The van der Waals surface area contributed by atoms with Crippen LogP contribution in [0.2, 0.25) is 0 Å². The minimum Gasteiger partial charge on any atom is -0.480 e. The highest BCUT2D eigenvalue weighted by molar-refractivity contribution is 5.90. The summed E-state index contributed by atoms with van der Waals surface area (Å²) in [5.74, 6) is -1.62. The second kappa shape index (κ2) is 6.36. The van der Waals surface area contributed by atoms with Gasteiger partial charge in [-0.15, -0.1) is 0 Å². The van der Waals surface area contributed by atoms with Gasteiger partial charge in [0.05, 0.1) is 5.92 Å². The Balaban J connectivity index is 2.81. The first kappa shape index (κ1) is 15.2.